The van der Waals surface area contributed by atoms with E-state index in [1.807, 2.05) is 27.3 Å². The molecule has 0 fully saturated rings. The largest absolute Gasteiger partial charge is 0.526 e. The minimum Gasteiger partial charge on any atom is -0.398 e. The first-order valence-corrected chi connectivity index (χ1v) is 11.8. The molecule has 1 atom stereocenters. The van der Waals surface area contributed by atoms with Gasteiger partial charge in [0.1, 0.15) is 6.23 Å². The zero-order valence-corrected chi connectivity index (χ0v) is 15.6. The molecule has 0 radical (unpaired) electrons. The Labute approximate surface area is 125 Å². The van der Waals surface area contributed by atoms with Gasteiger partial charge in [0.15, 0.2) is 0 Å². The Hall–Kier alpha value is 0.194. The molecule has 20 heavy (non-hydrogen) atoms. The molecule has 0 aromatic carbocycles. The molecular weight excluding hydrogens is 294 g/mol. The molecule has 2 N–H and O–H groups in total. The highest BCUT2D eigenvalue weighted by molar-refractivity contribution is 6.68. The van der Waals surface area contributed by atoms with E-state index in [-0.39, 0.29) is 0 Å². The molecule has 0 spiro atoms. The summed E-state index contributed by atoms with van der Waals surface area (Å²) in [6, 6.07) is 0.856. The van der Waals surface area contributed by atoms with E-state index in [1.54, 1.807) is 7.11 Å². The lowest BCUT2D eigenvalue weighted by Crippen LogP contribution is -2.54. The Bertz CT molecular complexity index is 231. The van der Waals surface area contributed by atoms with Crippen molar-refractivity contribution in [2.24, 2.45) is 5.73 Å². The molecule has 0 rings (SSSR count). The average molecular weight is 326 g/mol. The quantitative estimate of drug-likeness (QED) is 0.519. The van der Waals surface area contributed by atoms with Gasteiger partial charge in [-0.25, -0.2) is 0 Å². The van der Waals surface area contributed by atoms with Gasteiger partial charge < -0.3 is 27.9 Å². The fraction of sp³-hybridized carbons (Fsp3) is 1.00. The van der Waals surface area contributed by atoms with Crippen molar-refractivity contribution in [3.05, 3.63) is 0 Å². The van der Waals surface area contributed by atoms with E-state index in [4.69, 9.17) is 27.9 Å². The second-order valence-corrected chi connectivity index (χ2v) is 10.5. The van der Waals surface area contributed by atoms with Crippen LogP contribution in [0.2, 0.25) is 12.6 Å². The molecule has 0 amide bonds. The van der Waals surface area contributed by atoms with Gasteiger partial charge in [0, 0.05) is 26.9 Å². The van der Waals surface area contributed by atoms with Crippen molar-refractivity contribution >= 4 is 17.4 Å². The summed E-state index contributed by atoms with van der Waals surface area (Å²) in [4.78, 5) is 0. The van der Waals surface area contributed by atoms with Crippen LogP contribution in [0.3, 0.4) is 0 Å². The van der Waals surface area contributed by atoms with E-state index in [9.17, 15) is 0 Å². The molecule has 0 aromatic rings. The highest BCUT2D eigenvalue weighted by atomic mass is 28.4. The number of hydrogen-bond acceptors (Lipinski definition) is 6. The zero-order chi connectivity index (χ0) is 15.5. The van der Waals surface area contributed by atoms with Crippen LogP contribution in [0.25, 0.3) is 0 Å². The average Bonchev–Trinajstić information content (AvgIpc) is 2.44. The van der Waals surface area contributed by atoms with Gasteiger partial charge in [0.05, 0.1) is 0 Å². The monoisotopic (exact) mass is 325 g/mol. The maximum absolute atomic E-state index is 6.05. The summed E-state index contributed by atoms with van der Waals surface area (Å²) in [5, 5.41) is 0. The zero-order valence-electron chi connectivity index (χ0n) is 13.6. The molecule has 6 nitrogen and oxygen atoms in total. The molecule has 122 valence electrons. The summed E-state index contributed by atoms with van der Waals surface area (Å²) in [6.07, 6.45) is 1.23. The van der Waals surface area contributed by atoms with Gasteiger partial charge in [-0.15, -0.1) is 0 Å². The van der Waals surface area contributed by atoms with E-state index in [2.05, 4.69) is 0 Å². The fourth-order valence-electron chi connectivity index (χ4n) is 1.81. The van der Waals surface area contributed by atoms with Crippen molar-refractivity contribution in [1.82, 2.24) is 0 Å². The SMILES string of the molecule is CCO[Si](CO[Si](C)(CCCN)OC)(OCC)OCC. The number of nitrogens with two attached hydrogens (primary N) is 1. The molecule has 0 heterocycles. The highest BCUT2D eigenvalue weighted by Gasteiger charge is 2.44. The van der Waals surface area contributed by atoms with Crippen LogP contribution >= 0.6 is 0 Å². The van der Waals surface area contributed by atoms with E-state index < -0.39 is 17.4 Å². The summed E-state index contributed by atoms with van der Waals surface area (Å²) < 4.78 is 28.9. The minimum absolute atomic E-state index is 0.337. The smallest absolute Gasteiger partial charge is 0.398 e. The van der Waals surface area contributed by atoms with Crippen LogP contribution in [-0.4, -0.2) is 57.1 Å². The van der Waals surface area contributed by atoms with Gasteiger partial charge in [-0.1, -0.05) is 0 Å². The summed E-state index contributed by atoms with van der Waals surface area (Å²) in [5.41, 5.74) is 5.56. The van der Waals surface area contributed by atoms with E-state index in [1.165, 1.54) is 0 Å². The van der Waals surface area contributed by atoms with Crippen molar-refractivity contribution in [3.63, 3.8) is 0 Å². The predicted octanol–water partition coefficient (Wildman–Crippen LogP) is 1.66. The van der Waals surface area contributed by atoms with Crippen LogP contribution in [-0.2, 0) is 22.1 Å². The highest BCUT2D eigenvalue weighted by Crippen LogP contribution is 2.19. The Balaban J connectivity index is 4.69. The normalized spacial score (nSPS) is 15.3. The van der Waals surface area contributed by atoms with Crippen LogP contribution in [0.15, 0.2) is 0 Å². The first-order valence-electron chi connectivity index (χ1n) is 7.32. The number of hydrogen-bond donors (Lipinski definition) is 1. The second kappa shape index (κ2) is 10.9. The summed E-state index contributed by atoms with van der Waals surface area (Å²) >= 11 is 0. The lowest BCUT2D eigenvalue weighted by Gasteiger charge is -2.32. The Kier molecular flexibility index (Phi) is 11.0. The third-order valence-corrected chi connectivity index (χ3v) is 8.77. The van der Waals surface area contributed by atoms with Crippen LogP contribution < -0.4 is 5.73 Å². The minimum atomic E-state index is -2.76. The van der Waals surface area contributed by atoms with Crippen LogP contribution in [0, 0.1) is 0 Å². The van der Waals surface area contributed by atoms with Gasteiger partial charge in [0.25, 0.3) is 0 Å². The summed E-state index contributed by atoms with van der Waals surface area (Å²) in [6.45, 7) is 10.1. The van der Waals surface area contributed by atoms with Gasteiger partial charge >= 0.3 is 17.4 Å². The summed E-state index contributed by atoms with van der Waals surface area (Å²) in [7, 11) is -3.30. The molecule has 8 heteroatoms. The molecule has 0 saturated carbocycles. The molecule has 1 unspecified atom stereocenters. The standard InChI is InChI=1S/C12H31NO5Si2/c1-6-15-20(16-7-2,17-8-3)12-18-19(5,14-4)11-9-10-13/h6-13H2,1-5H3. The van der Waals surface area contributed by atoms with Crippen molar-refractivity contribution in [2.75, 3.05) is 39.7 Å². The summed E-state index contributed by atoms with van der Waals surface area (Å²) in [5.74, 6) is 0. The Morgan fingerprint density at radius 2 is 1.40 bits per heavy atom. The fourth-order valence-corrected chi connectivity index (χ4v) is 6.87. The maximum atomic E-state index is 6.05. The van der Waals surface area contributed by atoms with E-state index in [0.29, 0.717) is 32.6 Å². The first kappa shape index (κ1) is 20.2. The van der Waals surface area contributed by atoms with Crippen LogP contribution in [0.1, 0.15) is 27.2 Å². The topological polar surface area (TPSA) is 72.2 Å². The van der Waals surface area contributed by atoms with Crippen LogP contribution in [0.5, 0.6) is 0 Å². The van der Waals surface area contributed by atoms with Gasteiger partial charge in [-0.2, -0.15) is 0 Å². The Morgan fingerprint density at radius 3 is 1.75 bits per heavy atom. The van der Waals surface area contributed by atoms with Gasteiger partial charge in [0.2, 0.25) is 0 Å². The molecule has 0 aromatic heterocycles. The van der Waals surface area contributed by atoms with Crippen molar-refractivity contribution in [2.45, 2.75) is 39.8 Å². The Morgan fingerprint density at radius 1 is 0.900 bits per heavy atom. The molecule has 0 bridgehead atoms. The van der Waals surface area contributed by atoms with Gasteiger partial charge in [-0.3, -0.25) is 0 Å². The molecule has 0 aliphatic heterocycles. The third-order valence-electron chi connectivity index (χ3n) is 2.91. The van der Waals surface area contributed by atoms with Crippen molar-refractivity contribution < 1.29 is 22.1 Å². The molecule has 0 aliphatic rings. The molecule has 0 aliphatic carbocycles. The molecule has 0 saturated heterocycles. The molecular formula is C12H31NO5Si2. The third kappa shape index (κ3) is 7.27. The van der Waals surface area contributed by atoms with Crippen LogP contribution in [0.4, 0.5) is 0 Å². The lowest BCUT2D eigenvalue weighted by molar-refractivity contribution is 0.0477. The van der Waals surface area contributed by atoms with Gasteiger partial charge in [-0.05, 0) is 46.3 Å². The maximum Gasteiger partial charge on any atom is 0.526 e. The van der Waals surface area contributed by atoms with E-state index >= 15 is 0 Å². The van der Waals surface area contributed by atoms with E-state index in [0.717, 1.165) is 12.5 Å². The lowest BCUT2D eigenvalue weighted by atomic mass is 10.5. The number of rotatable bonds is 13. The van der Waals surface area contributed by atoms with Crippen molar-refractivity contribution in [1.29, 1.82) is 0 Å². The predicted molar refractivity (Wildman–Crippen MR) is 83.7 cm³/mol. The second-order valence-electron chi connectivity index (χ2n) is 4.50. The van der Waals surface area contributed by atoms with Crippen molar-refractivity contribution in [3.8, 4) is 0 Å². The first-order chi connectivity index (χ1) is 9.51.